The van der Waals surface area contributed by atoms with E-state index in [0.29, 0.717) is 6.54 Å². The summed E-state index contributed by atoms with van der Waals surface area (Å²) in [4.78, 5) is 11.8. The molecule has 0 radical (unpaired) electrons. The molecule has 0 amide bonds. The van der Waals surface area contributed by atoms with Gasteiger partial charge in [0.1, 0.15) is 5.54 Å². The number of rotatable bonds is 2. The average Bonchev–Trinajstić information content (AvgIpc) is 2.72. The van der Waals surface area contributed by atoms with E-state index in [9.17, 15) is 4.79 Å². The molecule has 0 spiro atoms. The van der Waals surface area contributed by atoms with Crippen LogP contribution in [0.1, 0.15) is 12.5 Å². The normalized spacial score (nSPS) is 37.6. The maximum Gasteiger partial charge on any atom is 0.312 e. The number of carbonyl (C=O) groups is 1. The first-order valence-corrected chi connectivity index (χ1v) is 5.69. The Kier molecular flexibility index (Phi) is 1.94. The first-order valence-electron chi connectivity index (χ1n) is 5.69. The van der Waals surface area contributed by atoms with Crippen LogP contribution in [0.2, 0.25) is 0 Å². The minimum atomic E-state index is -0.415. The summed E-state index contributed by atoms with van der Waals surface area (Å²) in [7, 11) is 1.43. The Morgan fingerprint density at radius 3 is 2.76 bits per heavy atom. The number of hydrogen-bond acceptors (Lipinski definition) is 4. The Hall–Kier alpha value is -1.71. The minimum absolute atomic E-state index is 0.185. The molecule has 1 aliphatic carbocycles. The van der Waals surface area contributed by atoms with Crippen molar-refractivity contribution in [1.29, 1.82) is 0 Å². The molecule has 17 heavy (non-hydrogen) atoms. The molecule has 1 heterocycles. The third kappa shape index (κ3) is 1.05. The van der Waals surface area contributed by atoms with Gasteiger partial charge in [0.05, 0.1) is 25.0 Å². The molecule has 1 saturated carbocycles. The highest BCUT2D eigenvalue weighted by Crippen LogP contribution is 2.68. The number of methoxy groups -OCH3 is 1. The zero-order valence-electron chi connectivity index (χ0n) is 9.88. The van der Waals surface area contributed by atoms with Crippen LogP contribution < -0.4 is 0 Å². The van der Waals surface area contributed by atoms with E-state index >= 15 is 0 Å². The van der Waals surface area contributed by atoms with E-state index in [-0.39, 0.29) is 17.3 Å². The molecular weight excluding hydrogens is 216 g/mol. The van der Waals surface area contributed by atoms with Crippen molar-refractivity contribution in [1.82, 2.24) is 0 Å². The summed E-state index contributed by atoms with van der Waals surface area (Å²) >= 11 is 0. The highest BCUT2D eigenvalue weighted by molar-refractivity contribution is 5.84. The molecule has 0 unspecified atom stereocenters. The van der Waals surface area contributed by atoms with E-state index < -0.39 is 5.54 Å². The van der Waals surface area contributed by atoms with E-state index in [4.69, 9.17) is 4.74 Å². The molecule has 1 fully saturated rings. The lowest BCUT2D eigenvalue weighted by Gasteiger charge is -2.12. The van der Waals surface area contributed by atoms with Crippen LogP contribution in [0.4, 0.5) is 0 Å². The van der Waals surface area contributed by atoms with E-state index in [1.54, 1.807) is 0 Å². The van der Waals surface area contributed by atoms with Gasteiger partial charge >= 0.3 is 5.97 Å². The first kappa shape index (κ1) is 10.4. The molecule has 3 rings (SSSR count). The van der Waals surface area contributed by atoms with Crippen LogP contribution in [0.3, 0.4) is 0 Å². The Morgan fingerprint density at radius 1 is 1.41 bits per heavy atom. The molecule has 3 atom stereocenters. The summed E-state index contributed by atoms with van der Waals surface area (Å²) in [6.07, 6.45) is 0. The van der Waals surface area contributed by atoms with E-state index in [0.717, 1.165) is 5.56 Å². The number of azo groups is 1. The number of benzene rings is 1. The molecule has 2 aliphatic rings. The number of ether oxygens (including phenoxy) is 1. The third-order valence-corrected chi connectivity index (χ3v) is 4.20. The van der Waals surface area contributed by atoms with Crippen LogP contribution >= 0.6 is 0 Å². The van der Waals surface area contributed by atoms with Crippen LogP contribution in [0.15, 0.2) is 40.6 Å². The third-order valence-electron chi connectivity index (χ3n) is 4.20. The van der Waals surface area contributed by atoms with Crippen LogP contribution in [0.25, 0.3) is 0 Å². The van der Waals surface area contributed by atoms with E-state index in [1.165, 1.54) is 7.11 Å². The van der Waals surface area contributed by atoms with Crippen LogP contribution in [-0.4, -0.2) is 25.2 Å². The van der Waals surface area contributed by atoms with Crippen molar-refractivity contribution in [2.45, 2.75) is 17.9 Å². The molecule has 0 aromatic heterocycles. The summed E-state index contributed by atoms with van der Waals surface area (Å²) in [5.41, 5.74) is 0.436. The number of hydrogen-bond donors (Lipinski definition) is 0. The molecule has 1 aliphatic heterocycles. The highest BCUT2D eigenvalue weighted by Gasteiger charge is 2.81. The van der Waals surface area contributed by atoms with Gasteiger partial charge in [-0.25, -0.2) is 0 Å². The van der Waals surface area contributed by atoms with Gasteiger partial charge in [-0.1, -0.05) is 30.3 Å². The Balaban J connectivity index is 2.06. The summed E-state index contributed by atoms with van der Waals surface area (Å²) in [5, 5.41) is 8.38. The molecule has 1 aromatic rings. The topological polar surface area (TPSA) is 51.0 Å². The predicted molar refractivity (Wildman–Crippen MR) is 61.8 cm³/mol. The van der Waals surface area contributed by atoms with Gasteiger partial charge in [0.2, 0.25) is 0 Å². The molecule has 88 valence electrons. The van der Waals surface area contributed by atoms with Gasteiger partial charge in [-0.05, 0) is 12.5 Å². The molecule has 0 saturated heterocycles. The number of nitrogens with zero attached hydrogens (tertiary/aromatic N) is 2. The van der Waals surface area contributed by atoms with E-state index in [1.807, 2.05) is 37.3 Å². The van der Waals surface area contributed by atoms with Crippen molar-refractivity contribution in [3.05, 3.63) is 35.9 Å². The standard InChI is InChI=1S/C13H14N2O2/c1-12-10(11(16)17-2)13(12,8-14-15-12)9-6-4-3-5-7-9/h3-7,10H,8H2,1-2H3/t10-,12-,13-/m0/s1. The number of fused-ring (bicyclic) bond motifs is 1. The van der Waals surface area contributed by atoms with Gasteiger partial charge in [0, 0.05) is 0 Å². The molecule has 4 nitrogen and oxygen atoms in total. The highest BCUT2D eigenvalue weighted by atomic mass is 16.5. The quantitative estimate of drug-likeness (QED) is 0.729. The Morgan fingerprint density at radius 2 is 2.12 bits per heavy atom. The maximum absolute atomic E-state index is 11.8. The van der Waals surface area contributed by atoms with Gasteiger partial charge in [-0.15, -0.1) is 0 Å². The summed E-state index contributed by atoms with van der Waals surface area (Å²) in [5.74, 6) is -0.380. The van der Waals surface area contributed by atoms with E-state index in [2.05, 4.69) is 10.2 Å². The fourth-order valence-electron chi connectivity index (χ4n) is 3.20. The number of carbonyl (C=O) groups excluding carboxylic acids is 1. The lowest BCUT2D eigenvalue weighted by Crippen LogP contribution is -2.19. The maximum atomic E-state index is 11.8. The second-order valence-electron chi connectivity index (χ2n) is 4.84. The van der Waals surface area contributed by atoms with Crippen LogP contribution in [0.5, 0.6) is 0 Å². The average molecular weight is 230 g/mol. The van der Waals surface area contributed by atoms with Gasteiger partial charge in [0.15, 0.2) is 0 Å². The first-order chi connectivity index (χ1) is 8.17. The monoisotopic (exact) mass is 230 g/mol. The summed E-state index contributed by atoms with van der Waals surface area (Å²) < 4.78 is 4.88. The second kappa shape index (κ2) is 3.15. The van der Waals surface area contributed by atoms with Crippen molar-refractivity contribution >= 4 is 5.97 Å². The molecule has 0 N–H and O–H groups in total. The van der Waals surface area contributed by atoms with Gasteiger partial charge in [0.25, 0.3) is 0 Å². The van der Waals surface area contributed by atoms with Crippen molar-refractivity contribution in [2.24, 2.45) is 16.1 Å². The SMILES string of the molecule is COC(=O)[C@H]1[C@]2(C)N=NC[C@]12c1ccccc1. The van der Waals surface area contributed by atoms with Crippen molar-refractivity contribution < 1.29 is 9.53 Å². The van der Waals surface area contributed by atoms with Gasteiger partial charge in [-0.2, -0.15) is 10.2 Å². The zero-order valence-corrected chi connectivity index (χ0v) is 9.88. The number of esters is 1. The van der Waals surface area contributed by atoms with Crippen molar-refractivity contribution in [3.8, 4) is 0 Å². The minimum Gasteiger partial charge on any atom is -0.469 e. The largest absolute Gasteiger partial charge is 0.469 e. The van der Waals surface area contributed by atoms with Gasteiger partial charge in [-0.3, -0.25) is 4.79 Å². The van der Waals surface area contributed by atoms with Crippen molar-refractivity contribution in [3.63, 3.8) is 0 Å². The fourth-order valence-corrected chi connectivity index (χ4v) is 3.20. The molecule has 4 heteroatoms. The lowest BCUT2D eigenvalue weighted by molar-refractivity contribution is -0.143. The molecule has 0 bridgehead atoms. The Bertz CT molecular complexity index is 499. The summed E-state index contributed by atoms with van der Waals surface area (Å²) in [6.45, 7) is 2.56. The zero-order chi connectivity index (χ0) is 12.1. The van der Waals surface area contributed by atoms with Crippen LogP contribution in [0, 0.1) is 5.92 Å². The van der Waals surface area contributed by atoms with Crippen molar-refractivity contribution in [2.75, 3.05) is 13.7 Å². The molecular formula is C13H14N2O2. The van der Waals surface area contributed by atoms with Gasteiger partial charge < -0.3 is 4.74 Å². The second-order valence-corrected chi connectivity index (χ2v) is 4.84. The van der Waals surface area contributed by atoms with Crippen LogP contribution in [-0.2, 0) is 14.9 Å². The Labute approximate surface area is 99.7 Å². The lowest BCUT2D eigenvalue weighted by atomic mass is 9.91. The summed E-state index contributed by atoms with van der Waals surface area (Å²) in [6, 6.07) is 10.0. The predicted octanol–water partition coefficient (Wildman–Crippen LogP) is 1.95. The smallest absolute Gasteiger partial charge is 0.312 e. The molecule has 1 aromatic carbocycles. The fraction of sp³-hybridized carbons (Fsp3) is 0.462.